The van der Waals surface area contributed by atoms with Crippen LogP contribution in [0.3, 0.4) is 0 Å². The monoisotopic (exact) mass is 558 g/mol. The number of carboxylic acids is 1. The predicted molar refractivity (Wildman–Crippen MR) is 140 cm³/mol. The Balaban J connectivity index is 1.34. The topological polar surface area (TPSA) is 123 Å². The third-order valence-corrected chi connectivity index (χ3v) is 6.46. The van der Waals surface area contributed by atoms with Gasteiger partial charge in [0.25, 0.3) is 11.8 Å². The molecule has 0 bridgehead atoms. The van der Waals surface area contributed by atoms with E-state index in [1.165, 1.54) is 0 Å². The third kappa shape index (κ3) is 7.02. The number of amides is 2. The number of carbonyl (C=O) groups excluding carboxylic acids is 2. The summed E-state index contributed by atoms with van der Waals surface area (Å²) in [7, 11) is 0. The van der Waals surface area contributed by atoms with Crippen molar-refractivity contribution >= 4 is 46.7 Å². The minimum Gasteiger partial charge on any atom is -0.489 e. The normalized spacial score (nSPS) is 17.4. The molecule has 0 unspecified atom stereocenters. The number of hydrogen-bond acceptors (Lipinski definition) is 6. The van der Waals surface area contributed by atoms with E-state index in [0.717, 1.165) is 0 Å². The minimum absolute atomic E-state index is 0.00779. The second kappa shape index (κ2) is 12.7. The molecular weight excluding hydrogens is 535 g/mol. The maximum atomic E-state index is 12.8. The van der Waals surface area contributed by atoms with Gasteiger partial charge in [0.05, 0.1) is 0 Å². The SMILES string of the molecule is O=C(O)[C@H](Cc1ccc(OCc2c(Cl)cccc2Cl)cc1)NC(=O)[C@@H]1OCO[C@H]1C(=O)Nc1ccccc1. The zero-order valence-electron chi connectivity index (χ0n) is 19.9. The first-order chi connectivity index (χ1) is 18.3. The van der Waals surface area contributed by atoms with E-state index >= 15 is 0 Å². The number of aliphatic carboxylic acids is 1. The van der Waals surface area contributed by atoms with E-state index in [0.29, 0.717) is 32.6 Å². The van der Waals surface area contributed by atoms with Crippen LogP contribution in [0, 0.1) is 0 Å². The second-order valence-corrected chi connectivity index (χ2v) is 9.20. The molecule has 1 saturated heterocycles. The van der Waals surface area contributed by atoms with Crippen LogP contribution in [0.4, 0.5) is 5.69 Å². The van der Waals surface area contributed by atoms with Gasteiger partial charge in [0.1, 0.15) is 25.2 Å². The van der Waals surface area contributed by atoms with Gasteiger partial charge in [0.15, 0.2) is 12.2 Å². The highest BCUT2D eigenvalue weighted by atomic mass is 35.5. The van der Waals surface area contributed by atoms with Crippen molar-refractivity contribution in [2.45, 2.75) is 31.3 Å². The smallest absolute Gasteiger partial charge is 0.326 e. The van der Waals surface area contributed by atoms with Gasteiger partial charge in [-0.3, -0.25) is 9.59 Å². The van der Waals surface area contributed by atoms with Gasteiger partial charge in [0.2, 0.25) is 0 Å². The molecular formula is C27H24Cl2N2O7. The molecule has 0 saturated carbocycles. The number of carboxylic acid groups (broad SMARTS) is 1. The number of ether oxygens (including phenoxy) is 3. The maximum Gasteiger partial charge on any atom is 0.326 e. The van der Waals surface area contributed by atoms with E-state index in [9.17, 15) is 19.5 Å². The summed E-state index contributed by atoms with van der Waals surface area (Å²) in [4.78, 5) is 37.3. The van der Waals surface area contributed by atoms with E-state index < -0.39 is 36.0 Å². The summed E-state index contributed by atoms with van der Waals surface area (Å²) in [6.45, 7) is -0.113. The fourth-order valence-electron chi connectivity index (χ4n) is 3.76. The van der Waals surface area contributed by atoms with Gasteiger partial charge in [-0.1, -0.05) is 59.6 Å². The Morgan fingerprint density at radius 3 is 2.16 bits per heavy atom. The number of para-hydroxylation sites is 1. The number of nitrogens with one attached hydrogen (secondary N) is 2. The van der Waals surface area contributed by atoms with Crippen LogP contribution >= 0.6 is 23.2 Å². The number of carbonyl (C=O) groups is 3. The lowest BCUT2D eigenvalue weighted by Gasteiger charge is -2.20. The highest BCUT2D eigenvalue weighted by molar-refractivity contribution is 6.35. The number of halogens is 2. The van der Waals surface area contributed by atoms with Crippen LogP contribution in [0.5, 0.6) is 5.75 Å². The molecule has 3 aromatic rings. The van der Waals surface area contributed by atoms with Crippen molar-refractivity contribution in [1.29, 1.82) is 0 Å². The molecule has 0 aliphatic carbocycles. The summed E-state index contributed by atoms with van der Waals surface area (Å²) in [5.74, 6) is -2.05. The number of hydrogen-bond donors (Lipinski definition) is 3. The molecule has 38 heavy (non-hydrogen) atoms. The lowest BCUT2D eigenvalue weighted by Crippen LogP contribution is -2.51. The van der Waals surface area contributed by atoms with Crippen molar-refractivity contribution in [1.82, 2.24) is 5.32 Å². The quantitative estimate of drug-likeness (QED) is 0.342. The van der Waals surface area contributed by atoms with Gasteiger partial charge in [0, 0.05) is 27.7 Å². The predicted octanol–water partition coefficient (Wildman–Crippen LogP) is 4.06. The van der Waals surface area contributed by atoms with Crippen LogP contribution in [-0.2, 0) is 36.9 Å². The number of rotatable bonds is 10. The van der Waals surface area contributed by atoms with Crippen molar-refractivity contribution in [3.05, 3.63) is 94.0 Å². The van der Waals surface area contributed by atoms with Crippen molar-refractivity contribution in [3.63, 3.8) is 0 Å². The Morgan fingerprint density at radius 1 is 0.895 bits per heavy atom. The van der Waals surface area contributed by atoms with Crippen molar-refractivity contribution in [3.8, 4) is 5.75 Å². The highest BCUT2D eigenvalue weighted by Gasteiger charge is 2.41. The molecule has 0 aromatic heterocycles. The molecule has 1 heterocycles. The molecule has 1 fully saturated rings. The van der Waals surface area contributed by atoms with E-state index in [1.54, 1.807) is 72.8 Å². The molecule has 1 aliphatic rings. The molecule has 3 N–H and O–H groups in total. The fraction of sp³-hybridized carbons (Fsp3) is 0.222. The first-order valence-electron chi connectivity index (χ1n) is 11.6. The summed E-state index contributed by atoms with van der Waals surface area (Å²) in [6, 6.07) is 19.3. The van der Waals surface area contributed by atoms with Crippen molar-refractivity contribution < 1.29 is 33.7 Å². The Labute approximate surface area is 228 Å². The molecule has 2 amide bonds. The first kappa shape index (κ1) is 27.4. The molecule has 0 spiro atoms. The molecule has 3 atom stereocenters. The summed E-state index contributed by atoms with van der Waals surface area (Å²) in [5, 5.41) is 15.8. The Bertz CT molecular complexity index is 1270. The van der Waals surface area contributed by atoms with Crippen LogP contribution in [0.15, 0.2) is 72.8 Å². The second-order valence-electron chi connectivity index (χ2n) is 8.38. The van der Waals surface area contributed by atoms with Crippen LogP contribution < -0.4 is 15.4 Å². The fourth-order valence-corrected chi connectivity index (χ4v) is 4.27. The molecule has 198 valence electrons. The zero-order valence-corrected chi connectivity index (χ0v) is 21.4. The van der Waals surface area contributed by atoms with Gasteiger partial charge in [-0.2, -0.15) is 0 Å². The Kier molecular flexibility index (Phi) is 9.19. The number of anilines is 1. The van der Waals surface area contributed by atoms with E-state index in [2.05, 4.69) is 10.6 Å². The van der Waals surface area contributed by atoms with Crippen LogP contribution in [0.1, 0.15) is 11.1 Å². The van der Waals surface area contributed by atoms with Gasteiger partial charge >= 0.3 is 5.97 Å². The van der Waals surface area contributed by atoms with E-state index in [1.807, 2.05) is 0 Å². The van der Waals surface area contributed by atoms with Gasteiger partial charge in [-0.05, 0) is 42.0 Å². The van der Waals surface area contributed by atoms with Crippen molar-refractivity contribution in [2.75, 3.05) is 12.1 Å². The van der Waals surface area contributed by atoms with Crippen LogP contribution in [-0.4, -0.2) is 47.9 Å². The van der Waals surface area contributed by atoms with Gasteiger partial charge in [-0.25, -0.2) is 4.79 Å². The first-order valence-corrected chi connectivity index (χ1v) is 12.3. The zero-order chi connectivity index (χ0) is 27.1. The molecule has 0 radical (unpaired) electrons. The summed E-state index contributed by atoms with van der Waals surface area (Å²) in [6.07, 6.45) is -2.53. The number of benzene rings is 3. The van der Waals surface area contributed by atoms with Gasteiger partial charge < -0.3 is 30.0 Å². The average Bonchev–Trinajstić information content (AvgIpc) is 3.40. The molecule has 9 nitrogen and oxygen atoms in total. The summed E-state index contributed by atoms with van der Waals surface area (Å²) < 4.78 is 16.3. The maximum absolute atomic E-state index is 12.8. The Morgan fingerprint density at radius 2 is 1.53 bits per heavy atom. The van der Waals surface area contributed by atoms with Crippen LogP contribution in [0.25, 0.3) is 0 Å². The highest BCUT2D eigenvalue weighted by Crippen LogP contribution is 2.26. The van der Waals surface area contributed by atoms with E-state index in [4.69, 9.17) is 37.4 Å². The molecule has 1 aliphatic heterocycles. The molecule has 11 heteroatoms. The lowest BCUT2D eigenvalue weighted by molar-refractivity contribution is -0.144. The molecule has 4 rings (SSSR count). The van der Waals surface area contributed by atoms with Crippen LogP contribution in [0.2, 0.25) is 10.0 Å². The summed E-state index contributed by atoms with van der Waals surface area (Å²) >= 11 is 12.3. The largest absolute Gasteiger partial charge is 0.489 e. The summed E-state index contributed by atoms with van der Waals surface area (Å²) in [5.41, 5.74) is 1.82. The van der Waals surface area contributed by atoms with Crippen molar-refractivity contribution in [2.24, 2.45) is 0 Å². The lowest BCUT2D eigenvalue weighted by atomic mass is 10.0. The minimum atomic E-state index is -1.30. The standard InChI is InChI=1S/C27H24Cl2N2O7/c28-20-7-4-8-21(29)19(20)14-36-18-11-9-16(10-12-18)13-22(27(34)35)31-26(33)24-23(37-15-38-24)25(32)30-17-5-2-1-3-6-17/h1-12,22-24H,13-15H2,(H,30,32)(H,31,33)(H,34,35)/t22-,23+,24+/m0/s1. The average molecular weight is 559 g/mol. The Hall–Kier alpha value is -3.63. The molecule has 3 aromatic carbocycles. The van der Waals surface area contributed by atoms with Gasteiger partial charge in [-0.15, -0.1) is 0 Å². The third-order valence-electron chi connectivity index (χ3n) is 5.75. The van der Waals surface area contributed by atoms with E-state index in [-0.39, 0.29) is 19.8 Å².